The van der Waals surface area contributed by atoms with Crippen molar-refractivity contribution in [1.82, 2.24) is 4.98 Å². The number of unbranched alkanes of at least 4 members (excludes halogenated alkanes) is 3. The summed E-state index contributed by atoms with van der Waals surface area (Å²) in [4.78, 5) is 4.31. The van der Waals surface area contributed by atoms with E-state index in [1.165, 1.54) is 25.7 Å². The molecule has 0 fully saturated rings. The van der Waals surface area contributed by atoms with Gasteiger partial charge in [-0.2, -0.15) is 0 Å². The lowest BCUT2D eigenvalue weighted by Gasteiger charge is -1.96. The van der Waals surface area contributed by atoms with Gasteiger partial charge in [0.1, 0.15) is 11.3 Å². The Kier molecular flexibility index (Phi) is 4.21. The van der Waals surface area contributed by atoms with Crippen molar-refractivity contribution >= 4 is 33.7 Å². The minimum Gasteiger partial charge on any atom is -0.458 e. The number of halogens is 1. The minimum absolute atomic E-state index is 0.939. The van der Waals surface area contributed by atoms with Crippen LogP contribution in [0.15, 0.2) is 22.7 Å². The molecular weight excluding hydrogens is 313 g/mol. The molecular formula is C13H16INO. The van der Waals surface area contributed by atoms with Gasteiger partial charge in [-0.1, -0.05) is 26.2 Å². The molecule has 0 bridgehead atoms. The summed E-state index contributed by atoms with van der Waals surface area (Å²) in [6.45, 7) is 2.23. The molecule has 16 heavy (non-hydrogen) atoms. The highest BCUT2D eigenvalue weighted by Crippen LogP contribution is 2.23. The highest BCUT2D eigenvalue weighted by molar-refractivity contribution is 14.1. The molecule has 0 saturated heterocycles. The molecule has 0 atom stereocenters. The second-order valence-electron chi connectivity index (χ2n) is 4.03. The maximum atomic E-state index is 5.81. The zero-order valence-electron chi connectivity index (χ0n) is 9.50. The van der Waals surface area contributed by atoms with E-state index in [2.05, 4.69) is 40.6 Å². The highest BCUT2D eigenvalue weighted by Gasteiger charge is 2.07. The van der Waals surface area contributed by atoms with Crippen LogP contribution < -0.4 is 0 Å². The fraction of sp³-hybridized carbons (Fsp3) is 0.462. The summed E-state index contributed by atoms with van der Waals surface area (Å²) >= 11 is 2.29. The molecule has 0 unspecified atom stereocenters. The Labute approximate surface area is 110 Å². The molecule has 0 aliphatic carbocycles. The van der Waals surface area contributed by atoms with Crippen molar-refractivity contribution in [3.05, 3.63) is 27.7 Å². The van der Waals surface area contributed by atoms with Gasteiger partial charge in [-0.3, -0.25) is 4.98 Å². The first-order valence-corrected chi connectivity index (χ1v) is 6.92. The van der Waals surface area contributed by atoms with E-state index < -0.39 is 0 Å². The molecule has 0 amide bonds. The van der Waals surface area contributed by atoms with Crippen molar-refractivity contribution in [2.45, 2.75) is 39.0 Å². The monoisotopic (exact) mass is 329 g/mol. The minimum atomic E-state index is 0.939. The normalized spacial score (nSPS) is 11.1. The topological polar surface area (TPSA) is 26.0 Å². The van der Waals surface area contributed by atoms with Crippen molar-refractivity contribution in [1.29, 1.82) is 0 Å². The highest BCUT2D eigenvalue weighted by atomic mass is 127. The van der Waals surface area contributed by atoms with Gasteiger partial charge in [0.15, 0.2) is 5.58 Å². The number of pyridine rings is 1. The maximum Gasteiger partial charge on any atom is 0.165 e. The molecule has 2 aromatic heterocycles. The van der Waals surface area contributed by atoms with E-state index in [1.54, 1.807) is 0 Å². The number of rotatable bonds is 5. The van der Waals surface area contributed by atoms with Crippen LogP contribution in [0.5, 0.6) is 0 Å². The molecule has 0 aliphatic heterocycles. The Hall–Kier alpha value is -0.580. The molecule has 0 saturated carbocycles. The fourth-order valence-corrected chi connectivity index (χ4v) is 2.35. The molecule has 0 radical (unpaired) electrons. The molecule has 2 nitrogen and oxygen atoms in total. The van der Waals surface area contributed by atoms with Crippen LogP contribution in [0, 0.1) is 3.57 Å². The van der Waals surface area contributed by atoms with Gasteiger partial charge in [0.25, 0.3) is 0 Å². The smallest absolute Gasteiger partial charge is 0.165 e. The number of hydrogen-bond acceptors (Lipinski definition) is 2. The second kappa shape index (κ2) is 5.66. The lowest BCUT2D eigenvalue weighted by molar-refractivity contribution is 0.526. The summed E-state index contributed by atoms with van der Waals surface area (Å²) in [6, 6.07) is 4.05. The molecule has 2 heterocycles. The van der Waals surface area contributed by atoms with Gasteiger partial charge in [-0.05, 0) is 35.1 Å². The second-order valence-corrected chi connectivity index (χ2v) is 5.19. The number of hydrogen-bond donors (Lipinski definition) is 0. The maximum absolute atomic E-state index is 5.81. The van der Waals surface area contributed by atoms with Crippen molar-refractivity contribution < 1.29 is 4.42 Å². The first-order chi connectivity index (χ1) is 7.81. The van der Waals surface area contributed by atoms with Gasteiger partial charge in [-0.25, -0.2) is 0 Å². The van der Waals surface area contributed by atoms with Crippen LogP contribution >= 0.6 is 22.6 Å². The number of aromatic nitrogens is 1. The van der Waals surface area contributed by atoms with E-state index in [9.17, 15) is 0 Å². The van der Waals surface area contributed by atoms with Crippen LogP contribution in [-0.2, 0) is 6.42 Å². The summed E-state index contributed by atoms with van der Waals surface area (Å²) < 4.78 is 6.95. The molecule has 86 valence electrons. The number of aryl methyl sites for hydroxylation is 1. The van der Waals surface area contributed by atoms with E-state index in [-0.39, 0.29) is 0 Å². The van der Waals surface area contributed by atoms with Gasteiger partial charge in [0.05, 0.1) is 3.57 Å². The number of furan rings is 1. The lowest BCUT2D eigenvalue weighted by Crippen LogP contribution is -1.81. The Morgan fingerprint density at radius 2 is 2.19 bits per heavy atom. The number of nitrogens with zero attached hydrogens (tertiary/aromatic N) is 1. The van der Waals surface area contributed by atoms with E-state index >= 15 is 0 Å². The predicted octanol–water partition coefficient (Wildman–Crippen LogP) is 4.56. The Bertz CT molecular complexity index is 464. The lowest BCUT2D eigenvalue weighted by atomic mass is 10.1. The largest absolute Gasteiger partial charge is 0.458 e. The summed E-state index contributed by atoms with van der Waals surface area (Å²) in [5.41, 5.74) is 1.92. The van der Waals surface area contributed by atoms with Crippen molar-refractivity contribution in [3.63, 3.8) is 0 Å². The molecule has 0 aliphatic rings. The molecule has 0 aromatic carbocycles. The predicted molar refractivity (Wildman–Crippen MR) is 74.6 cm³/mol. The van der Waals surface area contributed by atoms with Crippen molar-refractivity contribution in [2.24, 2.45) is 0 Å². The first kappa shape index (κ1) is 11.9. The molecule has 2 rings (SSSR count). The van der Waals surface area contributed by atoms with Crippen LogP contribution in [-0.4, -0.2) is 4.98 Å². The standard InChI is InChI=1S/C13H16INO/c1-2-3-4-5-6-10-9-12-13(16-10)11(14)7-8-15-12/h7-9H,2-6H2,1H3. The fourth-order valence-electron chi connectivity index (χ4n) is 1.81. The molecule has 0 spiro atoms. The third kappa shape index (κ3) is 2.75. The van der Waals surface area contributed by atoms with Gasteiger partial charge in [-0.15, -0.1) is 0 Å². The zero-order chi connectivity index (χ0) is 11.4. The first-order valence-electron chi connectivity index (χ1n) is 5.84. The van der Waals surface area contributed by atoms with Crippen LogP contribution in [0.25, 0.3) is 11.1 Å². The summed E-state index contributed by atoms with van der Waals surface area (Å²) in [7, 11) is 0. The van der Waals surface area contributed by atoms with Gasteiger partial charge in [0.2, 0.25) is 0 Å². The van der Waals surface area contributed by atoms with Gasteiger partial charge in [0, 0.05) is 18.7 Å². The Balaban J connectivity index is 2.05. The molecule has 0 N–H and O–H groups in total. The summed E-state index contributed by atoms with van der Waals surface area (Å²) in [5.74, 6) is 1.07. The Morgan fingerprint density at radius 3 is 2.94 bits per heavy atom. The van der Waals surface area contributed by atoms with Crippen molar-refractivity contribution in [3.8, 4) is 0 Å². The van der Waals surface area contributed by atoms with Gasteiger partial charge < -0.3 is 4.42 Å². The SMILES string of the molecule is CCCCCCc1cc2nccc(I)c2o1. The van der Waals surface area contributed by atoms with E-state index in [0.717, 1.165) is 26.9 Å². The molecule has 3 heteroatoms. The van der Waals surface area contributed by atoms with Gasteiger partial charge >= 0.3 is 0 Å². The number of fused-ring (bicyclic) bond motifs is 1. The quantitative estimate of drug-likeness (QED) is 0.594. The van der Waals surface area contributed by atoms with Crippen molar-refractivity contribution in [2.75, 3.05) is 0 Å². The summed E-state index contributed by atoms with van der Waals surface area (Å²) in [6.07, 6.45) is 7.96. The van der Waals surface area contributed by atoms with E-state index in [0.29, 0.717) is 0 Å². The van der Waals surface area contributed by atoms with Crippen LogP contribution in [0.3, 0.4) is 0 Å². The van der Waals surface area contributed by atoms with E-state index in [4.69, 9.17) is 4.42 Å². The average Bonchev–Trinajstić information content (AvgIpc) is 2.69. The average molecular weight is 329 g/mol. The zero-order valence-corrected chi connectivity index (χ0v) is 11.7. The molecule has 2 aromatic rings. The third-order valence-electron chi connectivity index (χ3n) is 2.69. The van der Waals surface area contributed by atoms with E-state index in [1.807, 2.05) is 12.3 Å². The van der Waals surface area contributed by atoms with Crippen LogP contribution in [0.2, 0.25) is 0 Å². The van der Waals surface area contributed by atoms with Crippen LogP contribution in [0.4, 0.5) is 0 Å². The third-order valence-corrected chi connectivity index (χ3v) is 3.54. The Morgan fingerprint density at radius 1 is 1.31 bits per heavy atom. The van der Waals surface area contributed by atoms with Crippen LogP contribution in [0.1, 0.15) is 38.4 Å². The summed E-state index contributed by atoms with van der Waals surface area (Å²) in [5, 5.41) is 0.